The molecule has 0 aliphatic carbocycles. The first-order valence-electron chi connectivity index (χ1n) is 10.1. The van der Waals surface area contributed by atoms with Gasteiger partial charge >= 0.3 is 0 Å². The van der Waals surface area contributed by atoms with E-state index in [0.29, 0.717) is 17.7 Å². The van der Waals surface area contributed by atoms with Gasteiger partial charge in [-0.05, 0) is 29.3 Å². The first kappa shape index (κ1) is 18.9. The van der Waals surface area contributed by atoms with Crippen LogP contribution in [0.5, 0.6) is 0 Å². The lowest BCUT2D eigenvalue weighted by molar-refractivity contribution is -0.130. The molecule has 3 heterocycles. The van der Waals surface area contributed by atoms with E-state index in [0.717, 1.165) is 27.6 Å². The second-order valence-electron chi connectivity index (χ2n) is 7.53. The highest BCUT2D eigenvalue weighted by Gasteiger charge is 2.34. The number of para-hydroxylation sites is 1. The predicted octanol–water partition coefficient (Wildman–Crippen LogP) is 4.29. The summed E-state index contributed by atoms with van der Waals surface area (Å²) in [6.45, 7) is 1.49. The van der Waals surface area contributed by atoms with Crippen LogP contribution in [0.3, 0.4) is 0 Å². The maximum atomic E-state index is 13.3. The standard InChI is InChI=1S/C25H20N4O2/c1-16(30)29-22(17-11-13-26-14-12-17)15-21(28-29)24-23(18-7-3-2-4-8-18)19-9-5-6-10-20(19)27-25(24)31/h2-14,22H,15H2,1H3,(H,27,31)/t22-/m1/s1. The molecule has 0 saturated carbocycles. The molecule has 0 bridgehead atoms. The molecule has 2 aromatic carbocycles. The second kappa shape index (κ2) is 7.65. The average molecular weight is 408 g/mol. The van der Waals surface area contributed by atoms with Gasteiger partial charge in [0, 0.05) is 42.2 Å². The van der Waals surface area contributed by atoms with Crippen molar-refractivity contribution >= 4 is 22.5 Å². The van der Waals surface area contributed by atoms with Crippen molar-refractivity contribution in [1.29, 1.82) is 0 Å². The van der Waals surface area contributed by atoms with Gasteiger partial charge in [0.05, 0.1) is 17.3 Å². The van der Waals surface area contributed by atoms with E-state index >= 15 is 0 Å². The number of aromatic nitrogens is 2. The second-order valence-corrected chi connectivity index (χ2v) is 7.53. The van der Waals surface area contributed by atoms with Crippen LogP contribution < -0.4 is 5.56 Å². The van der Waals surface area contributed by atoms with Crippen LogP contribution in [-0.2, 0) is 4.79 Å². The van der Waals surface area contributed by atoms with Crippen molar-refractivity contribution < 1.29 is 4.79 Å². The minimum Gasteiger partial charge on any atom is -0.321 e. The fourth-order valence-corrected chi connectivity index (χ4v) is 4.22. The number of benzene rings is 2. The van der Waals surface area contributed by atoms with Crippen LogP contribution in [0.25, 0.3) is 22.0 Å². The van der Waals surface area contributed by atoms with Crippen LogP contribution in [0.15, 0.2) is 89.0 Å². The third-order valence-corrected chi connectivity index (χ3v) is 5.60. The van der Waals surface area contributed by atoms with Crippen molar-refractivity contribution in [3.8, 4) is 11.1 Å². The zero-order valence-electron chi connectivity index (χ0n) is 16.9. The molecule has 5 rings (SSSR count). The third-order valence-electron chi connectivity index (χ3n) is 5.60. The third kappa shape index (κ3) is 3.32. The highest BCUT2D eigenvalue weighted by Crippen LogP contribution is 2.36. The quantitative estimate of drug-likeness (QED) is 0.549. The highest BCUT2D eigenvalue weighted by molar-refractivity contribution is 6.12. The molecule has 6 nitrogen and oxygen atoms in total. The summed E-state index contributed by atoms with van der Waals surface area (Å²) in [5.41, 5.74) is 4.36. The van der Waals surface area contributed by atoms with Crippen LogP contribution in [-0.4, -0.2) is 26.6 Å². The smallest absolute Gasteiger partial charge is 0.258 e. The summed E-state index contributed by atoms with van der Waals surface area (Å²) in [4.78, 5) is 32.7. The van der Waals surface area contributed by atoms with E-state index in [1.807, 2.05) is 66.7 Å². The summed E-state index contributed by atoms with van der Waals surface area (Å²) < 4.78 is 0. The molecule has 0 fully saturated rings. The van der Waals surface area contributed by atoms with E-state index in [-0.39, 0.29) is 17.5 Å². The zero-order chi connectivity index (χ0) is 21.4. The first-order valence-corrected chi connectivity index (χ1v) is 10.1. The molecule has 0 radical (unpaired) electrons. The fourth-order valence-electron chi connectivity index (χ4n) is 4.22. The van der Waals surface area contributed by atoms with Crippen LogP contribution >= 0.6 is 0 Å². The summed E-state index contributed by atoms with van der Waals surface area (Å²) in [7, 11) is 0. The molecular weight excluding hydrogens is 388 g/mol. The van der Waals surface area contributed by atoms with Gasteiger partial charge in [-0.25, -0.2) is 5.01 Å². The minimum absolute atomic E-state index is 0.171. The summed E-state index contributed by atoms with van der Waals surface area (Å²) in [5.74, 6) is -0.171. The van der Waals surface area contributed by atoms with Crippen molar-refractivity contribution in [3.63, 3.8) is 0 Å². The number of aromatic amines is 1. The Hall–Kier alpha value is -4.06. The fraction of sp³-hybridized carbons (Fsp3) is 0.120. The molecule has 1 aliphatic heterocycles. The van der Waals surface area contributed by atoms with E-state index < -0.39 is 0 Å². The number of amides is 1. The maximum absolute atomic E-state index is 13.3. The van der Waals surface area contributed by atoms with E-state index in [2.05, 4.69) is 15.1 Å². The molecule has 152 valence electrons. The SMILES string of the molecule is CC(=O)N1N=C(c2c(-c3ccccc3)c3ccccc3[nH]c2=O)C[C@@H]1c1ccncc1. The Kier molecular flexibility index (Phi) is 4.67. The number of carbonyl (C=O) groups is 1. The van der Waals surface area contributed by atoms with E-state index in [9.17, 15) is 9.59 Å². The Labute approximate surface area is 178 Å². The minimum atomic E-state index is -0.273. The lowest BCUT2D eigenvalue weighted by atomic mass is 9.91. The van der Waals surface area contributed by atoms with Crippen LogP contribution in [0.1, 0.15) is 30.5 Å². The Bertz CT molecular complexity index is 1360. The number of nitrogens with zero attached hydrogens (tertiary/aromatic N) is 3. The number of hydrogen-bond donors (Lipinski definition) is 1. The predicted molar refractivity (Wildman–Crippen MR) is 121 cm³/mol. The normalized spacial score (nSPS) is 15.8. The maximum Gasteiger partial charge on any atom is 0.258 e. The molecule has 1 N–H and O–H groups in total. The number of carbonyl (C=O) groups excluding carboxylic acids is 1. The number of rotatable bonds is 3. The van der Waals surface area contributed by atoms with Gasteiger partial charge in [-0.1, -0.05) is 48.5 Å². The zero-order valence-corrected chi connectivity index (χ0v) is 16.9. The van der Waals surface area contributed by atoms with Gasteiger partial charge < -0.3 is 4.98 Å². The molecule has 0 spiro atoms. The number of hydrogen-bond acceptors (Lipinski definition) is 4. The summed E-state index contributed by atoms with van der Waals surface area (Å²) in [6.07, 6.45) is 3.85. The molecule has 1 aliphatic rings. The number of fused-ring (bicyclic) bond motifs is 1. The van der Waals surface area contributed by atoms with Gasteiger partial charge in [0.15, 0.2) is 0 Å². The average Bonchev–Trinajstić information content (AvgIpc) is 3.25. The largest absolute Gasteiger partial charge is 0.321 e. The topological polar surface area (TPSA) is 78.4 Å². The highest BCUT2D eigenvalue weighted by atomic mass is 16.2. The van der Waals surface area contributed by atoms with Gasteiger partial charge in [0.1, 0.15) is 0 Å². The molecule has 6 heteroatoms. The molecule has 4 aromatic rings. The molecule has 1 atom stereocenters. The van der Waals surface area contributed by atoms with Gasteiger partial charge in [-0.2, -0.15) is 5.10 Å². The van der Waals surface area contributed by atoms with Crippen molar-refractivity contribution in [2.24, 2.45) is 5.10 Å². The molecular formula is C25H20N4O2. The van der Waals surface area contributed by atoms with E-state index in [1.54, 1.807) is 12.4 Å². The van der Waals surface area contributed by atoms with Crippen molar-refractivity contribution in [2.75, 3.05) is 0 Å². The molecule has 0 saturated heterocycles. The number of pyridine rings is 2. The molecule has 31 heavy (non-hydrogen) atoms. The van der Waals surface area contributed by atoms with E-state index in [1.165, 1.54) is 11.9 Å². The van der Waals surface area contributed by atoms with Gasteiger partial charge in [-0.3, -0.25) is 14.6 Å². The molecule has 0 unspecified atom stereocenters. The summed E-state index contributed by atoms with van der Waals surface area (Å²) in [5, 5.41) is 7.03. The Morgan fingerprint density at radius 3 is 2.42 bits per heavy atom. The first-order chi connectivity index (χ1) is 15.1. The number of H-pyrrole nitrogens is 1. The van der Waals surface area contributed by atoms with Gasteiger partial charge in [0.25, 0.3) is 5.56 Å². The summed E-state index contributed by atoms with van der Waals surface area (Å²) >= 11 is 0. The molecule has 1 amide bonds. The monoisotopic (exact) mass is 408 g/mol. The Morgan fingerprint density at radius 1 is 0.968 bits per heavy atom. The summed E-state index contributed by atoms with van der Waals surface area (Å²) in [6, 6.07) is 21.1. The Morgan fingerprint density at radius 2 is 1.68 bits per heavy atom. The number of nitrogens with one attached hydrogen (secondary N) is 1. The van der Waals surface area contributed by atoms with Crippen LogP contribution in [0, 0.1) is 0 Å². The van der Waals surface area contributed by atoms with Gasteiger partial charge in [0.2, 0.25) is 5.91 Å². The van der Waals surface area contributed by atoms with Crippen LogP contribution in [0.4, 0.5) is 0 Å². The lowest BCUT2D eigenvalue weighted by Crippen LogP contribution is -2.24. The number of hydrazone groups is 1. The lowest BCUT2D eigenvalue weighted by Gasteiger charge is -2.20. The van der Waals surface area contributed by atoms with Crippen molar-refractivity contribution in [1.82, 2.24) is 15.0 Å². The van der Waals surface area contributed by atoms with Crippen LogP contribution in [0.2, 0.25) is 0 Å². The molecule has 2 aromatic heterocycles. The van der Waals surface area contributed by atoms with E-state index in [4.69, 9.17) is 0 Å². The Balaban J connectivity index is 1.74. The van der Waals surface area contributed by atoms with Gasteiger partial charge in [-0.15, -0.1) is 0 Å². The van der Waals surface area contributed by atoms with Crippen molar-refractivity contribution in [3.05, 3.63) is 101 Å². The van der Waals surface area contributed by atoms with Crippen molar-refractivity contribution in [2.45, 2.75) is 19.4 Å².